The summed E-state index contributed by atoms with van der Waals surface area (Å²) < 4.78 is 23.8. The maximum atomic E-state index is 13.4. The summed E-state index contributed by atoms with van der Waals surface area (Å²) in [5.41, 5.74) is 1.16. The number of nitrogens with one attached hydrogen (secondary N) is 2. The van der Waals surface area contributed by atoms with Crippen LogP contribution in [0.1, 0.15) is 21.8 Å². The summed E-state index contributed by atoms with van der Waals surface area (Å²) in [6.45, 7) is -0.201. The quantitative estimate of drug-likeness (QED) is 0.553. The van der Waals surface area contributed by atoms with E-state index in [0.29, 0.717) is 32.6 Å². The molecule has 1 aliphatic rings. The van der Waals surface area contributed by atoms with Crippen LogP contribution in [-0.4, -0.2) is 62.4 Å². The Kier molecular flexibility index (Phi) is 6.28. The number of hydrogen-bond acceptors (Lipinski definition) is 6. The smallest absolute Gasteiger partial charge is 0.254 e. The van der Waals surface area contributed by atoms with E-state index in [9.17, 15) is 22.8 Å². The molecule has 34 heavy (non-hydrogen) atoms. The average Bonchev–Trinajstić information content (AvgIpc) is 2.79. The van der Waals surface area contributed by atoms with Crippen molar-refractivity contribution in [1.82, 2.24) is 15.2 Å². The maximum Gasteiger partial charge on any atom is 0.254 e. The number of fused-ring (bicyclic) bond motifs is 2. The summed E-state index contributed by atoms with van der Waals surface area (Å²) in [4.78, 5) is 43.8. The molecule has 0 fully saturated rings. The van der Waals surface area contributed by atoms with Gasteiger partial charge in [-0.1, -0.05) is 17.7 Å². The Bertz CT molecular complexity index is 1440. The molecule has 2 N–H and O–H groups in total. The lowest BCUT2D eigenvalue weighted by Gasteiger charge is -2.33. The molecule has 4 rings (SSSR count). The number of sulfone groups is 1. The third-order valence-corrected chi connectivity index (χ3v) is 7.00. The van der Waals surface area contributed by atoms with Crippen LogP contribution in [0.25, 0.3) is 10.8 Å². The van der Waals surface area contributed by atoms with E-state index < -0.39 is 21.7 Å². The van der Waals surface area contributed by atoms with Crippen molar-refractivity contribution in [3.05, 3.63) is 64.9 Å². The Labute approximate surface area is 201 Å². The van der Waals surface area contributed by atoms with Gasteiger partial charge in [0.15, 0.2) is 9.84 Å². The van der Waals surface area contributed by atoms with Gasteiger partial charge in [0.1, 0.15) is 0 Å². The molecular formula is C23H21ClN4O5S. The second-order valence-corrected chi connectivity index (χ2v) is 10.4. The van der Waals surface area contributed by atoms with E-state index >= 15 is 0 Å². The molecule has 2 heterocycles. The molecular weight excluding hydrogens is 480 g/mol. The number of benzene rings is 2. The molecule has 0 bridgehead atoms. The summed E-state index contributed by atoms with van der Waals surface area (Å²) in [5, 5.41) is 6.85. The first-order valence-corrected chi connectivity index (χ1v) is 12.5. The van der Waals surface area contributed by atoms with Gasteiger partial charge in [0.05, 0.1) is 29.2 Å². The number of carbonyl (C=O) groups is 3. The SMILES string of the molecule is CNC(=O)CN1C[C@@H](C(=O)Nc2cncc3cc(S(C)(=O)=O)ccc23)c2cc(Cl)ccc2C1=O. The zero-order valence-electron chi connectivity index (χ0n) is 18.3. The van der Waals surface area contributed by atoms with Crippen molar-refractivity contribution in [3.8, 4) is 0 Å². The van der Waals surface area contributed by atoms with Gasteiger partial charge in [-0.3, -0.25) is 19.4 Å². The molecule has 3 aromatic rings. The van der Waals surface area contributed by atoms with Crippen LogP contribution >= 0.6 is 11.6 Å². The monoisotopic (exact) mass is 500 g/mol. The number of nitrogens with zero attached hydrogens (tertiary/aromatic N) is 2. The van der Waals surface area contributed by atoms with E-state index in [-0.39, 0.29) is 29.8 Å². The molecule has 1 atom stereocenters. The molecule has 0 unspecified atom stereocenters. The average molecular weight is 501 g/mol. The first-order chi connectivity index (χ1) is 16.1. The zero-order chi connectivity index (χ0) is 24.6. The highest BCUT2D eigenvalue weighted by Gasteiger charge is 2.36. The molecule has 9 nitrogen and oxygen atoms in total. The van der Waals surface area contributed by atoms with Gasteiger partial charge < -0.3 is 15.5 Å². The molecule has 0 saturated carbocycles. The molecule has 3 amide bonds. The highest BCUT2D eigenvalue weighted by molar-refractivity contribution is 7.90. The Balaban J connectivity index is 1.70. The minimum absolute atomic E-state index is 0.0121. The van der Waals surface area contributed by atoms with E-state index in [1.54, 1.807) is 24.3 Å². The number of pyridine rings is 1. The topological polar surface area (TPSA) is 126 Å². The highest BCUT2D eigenvalue weighted by Crippen LogP contribution is 2.33. The fraction of sp³-hybridized carbons (Fsp3) is 0.217. The molecule has 1 aliphatic heterocycles. The van der Waals surface area contributed by atoms with Crippen LogP contribution in [0.3, 0.4) is 0 Å². The first kappa shape index (κ1) is 23.7. The summed E-state index contributed by atoms with van der Waals surface area (Å²) in [6.07, 6.45) is 4.10. The third kappa shape index (κ3) is 4.59. The van der Waals surface area contributed by atoms with Crippen LogP contribution < -0.4 is 10.6 Å². The van der Waals surface area contributed by atoms with Crippen molar-refractivity contribution in [2.75, 3.05) is 31.7 Å². The lowest BCUT2D eigenvalue weighted by atomic mass is 9.88. The van der Waals surface area contributed by atoms with E-state index in [0.717, 1.165) is 6.26 Å². The van der Waals surface area contributed by atoms with Crippen molar-refractivity contribution in [2.24, 2.45) is 0 Å². The number of halogens is 1. The number of hydrogen-bond donors (Lipinski definition) is 2. The minimum Gasteiger partial charge on any atom is -0.358 e. The normalized spacial score (nSPS) is 15.7. The van der Waals surface area contributed by atoms with Crippen molar-refractivity contribution in [1.29, 1.82) is 0 Å². The Morgan fingerprint density at radius 2 is 1.94 bits per heavy atom. The van der Waals surface area contributed by atoms with Crippen molar-refractivity contribution < 1.29 is 22.8 Å². The number of carbonyl (C=O) groups excluding carboxylic acids is 3. The largest absolute Gasteiger partial charge is 0.358 e. The van der Waals surface area contributed by atoms with Gasteiger partial charge in [0, 0.05) is 47.4 Å². The van der Waals surface area contributed by atoms with Crippen molar-refractivity contribution in [2.45, 2.75) is 10.8 Å². The van der Waals surface area contributed by atoms with Gasteiger partial charge in [0.25, 0.3) is 5.91 Å². The molecule has 11 heteroatoms. The van der Waals surface area contributed by atoms with E-state index in [1.807, 2.05) is 0 Å². The van der Waals surface area contributed by atoms with Gasteiger partial charge in [-0.05, 0) is 35.9 Å². The number of rotatable bonds is 5. The van der Waals surface area contributed by atoms with E-state index in [1.165, 1.54) is 36.5 Å². The van der Waals surface area contributed by atoms with Gasteiger partial charge in [-0.2, -0.15) is 0 Å². The highest BCUT2D eigenvalue weighted by atomic mass is 35.5. The number of likely N-dealkylation sites (N-methyl/N-ethyl adjacent to an activating group) is 1. The molecule has 0 saturated heterocycles. The summed E-state index contributed by atoms with van der Waals surface area (Å²) in [6, 6.07) is 9.25. The first-order valence-electron chi connectivity index (χ1n) is 10.3. The lowest BCUT2D eigenvalue weighted by Crippen LogP contribution is -2.47. The van der Waals surface area contributed by atoms with Crippen molar-refractivity contribution >= 4 is 55.6 Å². The summed E-state index contributed by atoms with van der Waals surface area (Å²) in [7, 11) is -1.94. The maximum absolute atomic E-state index is 13.4. The molecule has 0 radical (unpaired) electrons. The summed E-state index contributed by atoms with van der Waals surface area (Å²) >= 11 is 6.15. The van der Waals surface area contributed by atoms with Crippen LogP contribution in [0.2, 0.25) is 5.02 Å². The number of aromatic nitrogens is 1. The molecule has 1 aromatic heterocycles. The number of amides is 3. The zero-order valence-corrected chi connectivity index (χ0v) is 19.9. The van der Waals surface area contributed by atoms with Crippen LogP contribution in [0.5, 0.6) is 0 Å². The molecule has 0 spiro atoms. The molecule has 176 valence electrons. The second-order valence-electron chi connectivity index (χ2n) is 7.97. The predicted molar refractivity (Wildman–Crippen MR) is 128 cm³/mol. The van der Waals surface area contributed by atoms with Gasteiger partial charge in [-0.25, -0.2) is 8.42 Å². The summed E-state index contributed by atoms with van der Waals surface area (Å²) in [5.74, 6) is -1.93. The van der Waals surface area contributed by atoms with Gasteiger partial charge in [0.2, 0.25) is 11.8 Å². The second kappa shape index (κ2) is 9.03. The number of anilines is 1. The van der Waals surface area contributed by atoms with Crippen molar-refractivity contribution in [3.63, 3.8) is 0 Å². The Hall–Kier alpha value is -3.50. The Morgan fingerprint density at radius 1 is 1.18 bits per heavy atom. The molecule has 0 aliphatic carbocycles. The fourth-order valence-electron chi connectivity index (χ4n) is 3.91. The van der Waals surface area contributed by atoms with Crippen LogP contribution in [0.4, 0.5) is 5.69 Å². The molecule has 2 aromatic carbocycles. The van der Waals surface area contributed by atoms with Crippen LogP contribution in [0.15, 0.2) is 53.7 Å². The fourth-order valence-corrected chi connectivity index (χ4v) is 4.74. The third-order valence-electron chi connectivity index (χ3n) is 5.66. The van der Waals surface area contributed by atoms with Crippen LogP contribution in [0, 0.1) is 0 Å². The van der Waals surface area contributed by atoms with E-state index in [2.05, 4.69) is 15.6 Å². The Morgan fingerprint density at radius 3 is 2.65 bits per heavy atom. The van der Waals surface area contributed by atoms with Crippen LogP contribution in [-0.2, 0) is 19.4 Å². The lowest BCUT2D eigenvalue weighted by molar-refractivity contribution is -0.122. The van der Waals surface area contributed by atoms with Gasteiger partial charge >= 0.3 is 0 Å². The standard InChI is InChI=1S/C23H21ClN4O5S/c1-25-21(29)12-28-11-19(18-8-14(24)3-5-17(18)23(28)31)22(30)27-20-10-26-9-13-7-15(34(2,32)33)4-6-16(13)20/h3-10,19H,11-12H2,1-2H3,(H,25,29)(H,27,30)/t19-/m1/s1. The minimum atomic E-state index is -3.41. The van der Waals surface area contributed by atoms with Gasteiger partial charge in [-0.15, -0.1) is 0 Å². The predicted octanol–water partition coefficient (Wildman–Crippen LogP) is 2.22. The van der Waals surface area contributed by atoms with E-state index in [4.69, 9.17) is 11.6 Å².